The van der Waals surface area contributed by atoms with Crippen molar-refractivity contribution in [3.63, 3.8) is 0 Å². The number of aryl methyl sites for hydroxylation is 2. The molecule has 0 radical (unpaired) electrons. The van der Waals surface area contributed by atoms with Gasteiger partial charge in [-0.3, -0.25) is 0 Å². The van der Waals surface area contributed by atoms with Gasteiger partial charge in [0.1, 0.15) is 5.82 Å². The smallest absolute Gasteiger partial charge is 0.109 e. The minimum Gasteiger partial charge on any atom is -0.392 e. The molecular weight excluding hydrogens is 196 g/mol. The van der Waals surface area contributed by atoms with Gasteiger partial charge in [-0.2, -0.15) is 11.8 Å². The molecule has 14 heavy (non-hydrogen) atoms. The van der Waals surface area contributed by atoms with Gasteiger partial charge in [0.25, 0.3) is 0 Å². The van der Waals surface area contributed by atoms with E-state index in [0.717, 1.165) is 18.0 Å². The highest BCUT2D eigenvalue weighted by Gasteiger charge is 2.09. The zero-order valence-electron chi connectivity index (χ0n) is 8.97. The lowest BCUT2D eigenvalue weighted by atomic mass is 10.3. The summed E-state index contributed by atoms with van der Waals surface area (Å²) in [6.07, 6.45) is 4.50. The second-order valence-electron chi connectivity index (χ2n) is 3.52. The number of hydrogen-bond acceptors (Lipinski definition) is 3. The van der Waals surface area contributed by atoms with Gasteiger partial charge >= 0.3 is 0 Å². The second kappa shape index (κ2) is 5.41. The van der Waals surface area contributed by atoms with E-state index >= 15 is 0 Å². The summed E-state index contributed by atoms with van der Waals surface area (Å²) in [5.74, 6) is 2.12. The number of rotatable bonds is 5. The fourth-order valence-corrected chi connectivity index (χ4v) is 2.06. The van der Waals surface area contributed by atoms with E-state index in [0.29, 0.717) is 5.25 Å². The van der Waals surface area contributed by atoms with Gasteiger partial charge in [-0.15, -0.1) is 0 Å². The van der Waals surface area contributed by atoms with E-state index in [1.807, 2.05) is 37.9 Å². The highest BCUT2D eigenvalue weighted by Crippen LogP contribution is 2.15. The number of aromatic nitrogens is 2. The van der Waals surface area contributed by atoms with Crippen molar-refractivity contribution in [3.05, 3.63) is 18.2 Å². The topological polar surface area (TPSA) is 38.1 Å². The molecular formula is C10H18N2OS. The molecule has 3 nitrogen and oxygen atoms in total. The highest BCUT2D eigenvalue weighted by atomic mass is 32.2. The summed E-state index contributed by atoms with van der Waals surface area (Å²) in [4.78, 5) is 4.24. The first-order valence-corrected chi connectivity index (χ1v) is 5.92. The lowest BCUT2D eigenvalue weighted by Gasteiger charge is -2.13. The summed E-state index contributed by atoms with van der Waals surface area (Å²) in [6.45, 7) is 3.88. The van der Waals surface area contributed by atoms with Crippen LogP contribution in [0.5, 0.6) is 0 Å². The molecule has 0 aromatic carbocycles. The van der Waals surface area contributed by atoms with E-state index in [1.54, 1.807) is 11.8 Å². The Bertz CT molecular complexity index is 273. The molecule has 2 unspecified atom stereocenters. The summed E-state index contributed by atoms with van der Waals surface area (Å²) < 4.78 is 2.04. The van der Waals surface area contributed by atoms with Crippen LogP contribution >= 0.6 is 11.8 Å². The minimum atomic E-state index is -0.235. The molecule has 0 fully saturated rings. The SMILES string of the molecule is CC(O)C(C)SCCc1nccn1C. The predicted molar refractivity (Wildman–Crippen MR) is 60.5 cm³/mol. The van der Waals surface area contributed by atoms with Gasteiger partial charge < -0.3 is 9.67 Å². The number of aliphatic hydroxyl groups is 1. The minimum absolute atomic E-state index is 0.235. The Morgan fingerprint density at radius 1 is 1.57 bits per heavy atom. The van der Waals surface area contributed by atoms with Crippen molar-refractivity contribution in [2.75, 3.05) is 5.75 Å². The first-order valence-electron chi connectivity index (χ1n) is 4.87. The quantitative estimate of drug-likeness (QED) is 0.806. The van der Waals surface area contributed by atoms with Crippen LogP contribution in [0.4, 0.5) is 0 Å². The van der Waals surface area contributed by atoms with Gasteiger partial charge in [0, 0.05) is 36.9 Å². The molecule has 0 amide bonds. The molecule has 0 spiro atoms. The van der Waals surface area contributed by atoms with E-state index in [-0.39, 0.29) is 6.10 Å². The van der Waals surface area contributed by atoms with Crippen molar-refractivity contribution in [1.82, 2.24) is 9.55 Å². The third-order valence-corrected chi connectivity index (χ3v) is 3.67. The molecule has 4 heteroatoms. The maximum atomic E-state index is 9.29. The van der Waals surface area contributed by atoms with E-state index in [9.17, 15) is 5.11 Å². The molecule has 0 aliphatic rings. The van der Waals surface area contributed by atoms with Gasteiger partial charge in [0.05, 0.1) is 6.10 Å². The van der Waals surface area contributed by atoms with Crippen molar-refractivity contribution in [2.45, 2.75) is 31.6 Å². The average molecular weight is 214 g/mol. The summed E-state index contributed by atoms with van der Waals surface area (Å²) in [5, 5.41) is 9.59. The van der Waals surface area contributed by atoms with Crippen LogP contribution in [0.2, 0.25) is 0 Å². The standard InChI is InChI=1S/C10H18N2OS/c1-8(13)9(2)14-7-4-10-11-5-6-12(10)3/h5-6,8-9,13H,4,7H2,1-3H3. The zero-order chi connectivity index (χ0) is 10.6. The number of aliphatic hydroxyl groups excluding tert-OH is 1. The van der Waals surface area contributed by atoms with Gasteiger partial charge in [-0.1, -0.05) is 6.92 Å². The third kappa shape index (κ3) is 3.35. The van der Waals surface area contributed by atoms with Crippen LogP contribution < -0.4 is 0 Å². The first kappa shape index (κ1) is 11.6. The Balaban J connectivity index is 2.25. The third-order valence-electron chi connectivity index (χ3n) is 2.31. The molecule has 1 heterocycles. The molecule has 0 aliphatic carbocycles. The van der Waals surface area contributed by atoms with Crippen LogP contribution in [-0.2, 0) is 13.5 Å². The Kier molecular flexibility index (Phi) is 4.48. The second-order valence-corrected chi connectivity index (χ2v) is 5.01. The van der Waals surface area contributed by atoms with Gasteiger partial charge in [-0.25, -0.2) is 4.98 Å². The molecule has 1 aromatic heterocycles. The maximum absolute atomic E-state index is 9.29. The summed E-state index contributed by atoms with van der Waals surface area (Å²) in [6, 6.07) is 0. The maximum Gasteiger partial charge on any atom is 0.109 e. The Labute approximate surface area is 89.5 Å². The van der Waals surface area contributed by atoms with Crippen LogP contribution in [0, 0.1) is 0 Å². The average Bonchev–Trinajstić information content (AvgIpc) is 2.51. The number of imidazole rings is 1. The summed E-state index contributed by atoms with van der Waals surface area (Å²) >= 11 is 1.79. The zero-order valence-corrected chi connectivity index (χ0v) is 9.79. The fraction of sp³-hybridized carbons (Fsp3) is 0.700. The molecule has 1 N–H and O–H groups in total. The normalized spacial score (nSPS) is 15.4. The van der Waals surface area contributed by atoms with E-state index in [2.05, 4.69) is 4.98 Å². The van der Waals surface area contributed by atoms with Crippen molar-refractivity contribution >= 4 is 11.8 Å². The van der Waals surface area contributed by atoms with E-state index < -0.39 is 0 Å². The Morgan fingerprint density at radius 2 is 2.29 bits per heavy atom. The summed E-state index contributed by atoms with van der Waals surface area (Å²) in [7, 11) is 2.01. The van der Waals surface area contributed by atoms with Crippen LogP contribution in [0.15, 0.2) is 12.4 Å². The molecule has 2 atom stereocenters. The number of hydrogen-bond donors (Lipinski definition) is 1. The van der Waals surface area contributed by atoms with Crippen molar-refractivity contribution < 1.29 is 5.11 Å². The van der Waals surface area contributed by atoms with Crippen molar-refractivity contribution in [2.24, 2.45) is 7.05 Å². The predicted octanol–water partition coefficient (Wildman–Crippen LogP) is 1.47. The monoisotopic (exact) mass is 214 g/mol. The molecule has 1 aromatic rings. The number of nitrogens with zero attached hydrogens (tertiary/aromatic N) is 2. The molecule has 0 aliphatic heterocycles. The van der Waals surface area contributed by atoms with Crippen LogP contribution in [0.3, 0.4) is 0 Å². The van der Waals surface area contributed by atoms with Crippen LogP contribution in [0.25, 0.3) is 0 Å². The molecule has 0 saturated carbocycles. The summed E-state index contributed by atoms with van der Waals surface area (Å²) in [5.41, 5.74) is 0. The van der Waals surface area contributed by atoms with Crippen LogP contribution in [-0.4, -0.2) is 31.8 Å². The van der Waals surface area contributed by atoms with Gasteiger partial charge in [-0.05, 0) is 6.92 Å². The Hall–Kier alpha value is -0.480. The highest BCUT2D eigenvalue weighted by molar-refractivity contribution is 7.99. The molecule has 80 valence electrons. The largest absolute Gasteiger partial charge is 0.392 e. The van der Waals surface area contributed by atoms with Crippen molar-refractivity contribution in [1.29, 1.82) is 0 Å². The lowest BCUT2D eigenvalue weighted by molar-refractivity contribution is 0.196. The van der Waals surface area contributed by atoms with Crippen LogP contribution in [0.1, 0.15) is 19.7 Å². The fourth-order valence-electron chi connectivity index (χ4n) is 1.11. The van der Waals surface area contributed by atoms with Gasteiger partial charge in [0.15, 0.2) is 0 Å². The number of thioether (sulfide) groups is 1. The lowest BCUT2D eigenvalue weighted by Crippen LogP contribution is -2.16. The van der Waals surface area contributed by atoms with E-state index in [4.69, 9.17) is 0 Å². The molecule has 0 bridgehead atoms. The van der Waals surface area contributed by atoms with E-state index in [1.165, 1.54) is 0 Å². The Morgan fingerprint density at radius 3 is 2.79 bits per heavy atom. The first-order chi connectivity index (χ1) is 6.61. The van der Waals surface area contributed by atoms with Gasteiger partial charge in [0.2, 0.25) is 0 Å². The molecule has 0 saturated heterocycles. The van der Waals surface area contributed by atoms with Crippen molar-refractivity contribution in [3.8, 4) is 0 Å². The molecule has 1 rings (SSSR count).